The van der Waals surface area contributed by atoms with Crippen molar-refractivity contribution in [2.24, 2.45) is 0 Å². The molecule has 110 valence electrons. The van der Waals surface area contributed by atoms with Gasteiger partial charge in [-0.25, -0.2) is 9.48 Å². The van der Waals surface area contributed by atoms with E-state index in [1.54, 1.807) is 0 Å². The molecule has 0 radical (unpaired) electrons. The SMILES string of the molecule is CC1(OCC(=O)NCCn2cc(C(=O)O)nn2)CNC1. The van der Waals surface area contributed by atoms with Crippen molar-refractivity contribution in [1.82, 2.24) is 25.6 Å². The van der Waals surface area contributed by atoms with Crippen LogP contribution in [0.1, 0.15) is 17.4 Å². The predicted octanol–water partition coefficient (Wildman–Crippen LogP) is -1.53. The number of aromatic nitrogens is 3. The van der Waals surface area contributed by atoms with Crippen LogP contribution in [-0.2, 0) is 16.1 Å². The molecule has 1 aliphatic rings. The lowest BCUT2D eigenvalue weighted by Crippen LogP contribution is -2.59. The van der Waals surface area contributed by atoms with Gasteiger partial charge in [-0.1, -0.05) is 5.21 Å². The molecule has 0 atom stereocenters. The van der Waals surface area contributed by atoms with Crippen LogP contribution < -0.4 is 10.6 Å². The highest BCUT2D eigenvalue weighted by atomic mass is 16.5. The second-order valence-electron chi connectivity index (χ2n) is 4.86. The quantitative estimate of drug-likeness (QED) is 0.555. The van der Waals surface area contributed by atoms with Crippen LogP contribution in [0.4, 0.5) is 0 Å². The molecule has 0 saturated carbocycles. The number of hydrogen-bond acceptors (Lipinski definition) is 6. The maximum Gasteiger partial charge on any atom is 0.358 e. The van der Waals surface area contributed by atoms with Gasteiger partial charge in [-0.05, 0) is 6.92 Å². The standard InChI is InChI=1S/C11H17N5O4/c1-11(6-12-7-11)20-5-9(17)13-2-3-16-4-8(10(18)19)14-15-16/h4,12H,2-3,5-7H2,1H3,(H,13,17)(H,18,19). The van der Waals surface area contributed by atoms with E-state index >= 15 is 0 Å². The number of carbonyl (C=O) groups is 2. The van der Waals surface area contributed by atoms with E-state index in [0.717, 1.165) is 13.1 Å². The first-order chi connectivity index (χ1) is 9.48. The van der Waals surface area contributed by atoms with Gasteiger partial charge in [0.15, 0.2) is 5.69 Å². The Balaban J connectivity index is 1.64. The minimum absolute atomic E-state index is 0.00983. The van der Waals surface area contributed by atoms with Crippen LogP contribution >= 0.6 is 0 Å². The Labute approximate surface area is 115 Å². The second kappa shape index (κ2) is 5.97. The summed E-state index contributed by atoms with van der Waals surface area (Å²) in [6.07, 6.45) is 1.31. The van der Waals surface area contributed by atoms with E-state index in [2.05, 4.69) is 20.9 Å². The highest BCUT2D eigenvalue weighted by Crippen LogP contribution is 2.14. The lowest BCUT2D eigenvalue weighted by atomic mass is 10.0. The summed E-state index contributed by atoms with van der Waals surface area (Å²) in [7, 11) is 0. The van der Waals surface area contributed by atoms with E-state index in [1.807, 2.05) is 6.92 Å². The molecule has 3 N–H and O–H groups in total. The van der Waals surface area contributed by atoms with Crippen LogP contribution in [0.25, 0.3) is 0 Å². The monoisotopic (exact) mass is 283 g/mol. The fourth-order valence-corrected chi connectivity index (χ4v) is 1.69. The second-order valence-corrected chi connectivity index (χ2v) is 4.86. The Morgan fingerprint density at radius 2 is 2.35 bits per heavy atom. The molecule has 2 heterocycles. The number of aromatic carboxylic acids is 1. The molecule has 9 nitrogen and oxygen atoms in total. The fourth-order valence-electron chi connectivity index (χ4n) is 1.69. The summed E-state index contributed by atoms with van der Waals surface area (Å²) in [6.45, 7) is 4.13. The number of carboxylic acids is 1. The first-order valence-corrected chi connectivity index (χ1v) is 6.23. The van der Waals surface area contributed by atoms with Crippen LogP contribution in [0, 0.1) is 0 Å². The summed E-state index contributed by atoms with van der Waals surface area (Å²) in [6, 6.07) is 0. The van der Waals surface area contributed by atoms with Gasteiger partial charge >= 0.3 is 5.97 Å². The van der Waals surface area contributed by atoms with Gasteiger partial charge in [0, 0.05) is 19.6 Å². The molecule has 0 unspecified atom stereocenters. The van der Waals surface area contributed by atoms with Crippen molar-refractivity contribution in [3.8, 4) is 0 Å². The fraction of sp³-hybridized carbons (Fsp3) is 0.636. The van der Waals surface area contributed by atoms with E-state index in [9.17, 15) is 9.59 Å². The lowest BCUT2D eigenvalue weighted by molar-refractivity contribution is -0.135. The maximum absolute atomic E-state index is 11.5. The van der Waals surface area contributed by atoms with Gasteiger partial charge in [-0.15, -0.1) is 5.10 Å². The third kappa shape index (κ3) is 3.75. The van der Waals surface area contributed by atoms with Crippen molar-refractivity contribution >= 4 is 11.9 Å². The molecule has 1 fully saturated rings. The zero-order valence-electron chi connectivity index (χ0n) is 11.1. The Morgan fingerprint density at radius 3 is 2.90 bits per heavy atom. The molecule has 2 rings (SSSR count). The number of ether oxygens (including phenoxy) is 1. The summed E-state index contributed by atoms with van der Waals surface area (Å²) in [5.41, 5.74) is -0.371. The zero-order chi connectivity index (χ0) is 14.6. The number of rotatable bonds is 7. The molecule has 0 aromatic carbocycles. The van der Waals surface area contributed by atoms with Crippen LogP contribution in [0.15, 0.2) is 6.20 Å². The number of hydrogen-bond donors (Lipinski definition) is 3. The minimum Gasteiger partial charge on any atom is -0.476 e. The van der Waals surface area contributed by atoms with Crippen molar-refractivity contribution in [3.05, 3.63) is 11.9 Å². The Bertz CT molecular complexity index is 497. The third-order valence-corrected chi connectivity index (χ3v) is 2.97. The number of carboxylic acid groups (broad SMARTS) is 1. The normalized spacial score (nSPS) is 16.4. The molecule has 1 aliphatic heterocycles. The molecule has 9 heteroatoms. The van der Waals surface area contributed by atoms with E-state index in [0.29, 0.717) is 13.1 Å². The number of nitrogens with zero attached hydrogens (tertiary/aromatic N) is 3. The van der Waals surface area contributed by atoms with Crippen molar-refractivity contribution < 1.29 is 19.4 Å². The maximum atomic E-state index is 11.5. The van der Waals surface area contributed by atoms with Crippen LogP contribution in [0.2, 0.25) is 0 Å². The molecular weight excluding hydrogens is 266 g/mol. The van der Waals surface area contributed by atoms with Crippen molar-refractivity contribution in [2.75, 3.05) is 26.2 Å². The molecule has 1 aromatic heterocycles. The van der Waals surface area contributed by atoms with Gasteiger partial charge < -0.3 is 20.5 Å². The average molecular weight is 283 g/mol. The third-order valence-electron chi connectivity index (χ3n) is 2.97. The molecule has 0 spiro atoms. The van der Waals surface area contributed by atoms with Gasteiger partial charge in [-0.3, -0.25) is 4.79 Å². The smallest absolute Gasteiger partial charge is 0.358 e. The number of nitrogens with one attached hydrogen (secondary N) is 2. The summed E-state index contributed by atoms with van der Waals surface area (Å²) < 4.78 is 6.84. The number of carbonyl (C=O) groups excluding carboxylic acids is 1. The van der Waals surface area contributed by atoms with Crippen molar-refractivity contribution in [3.63, 3.8) is 0 Å². The van der Waals surface area contributed by atoms with Gasteiger partial charge in [-0.2, -0.15) is 0 Å². The molecule has 20 heavy (non-hydrogen) atoms. The molecule has 1 saturated heterocycles. The number of amides is 1. The Hall–Kier alpha value is -2.00. The van der Waals surface area contributed by atoms with Crippen molar-refractivity contribution in [2.45, 2.75) is 19.1 Å². The topological polar surface area (TPSA) is 118 Å². The van der Waals surface area contributed by atoms with Gasteiger partial charge in [0.25, 0.3) is 0 Å². The van der Waals surface area contributed by atoms with E-state index in [4.69, 9.17) is 9.84 Å². The lowest BCUT2D eigenvalue weighted by Gasteiger charge is -2.38. The van der Waals surface area contributed by atoms with Crippen LogP contribution in [0.5, 0.6) is 0 Å². The first-order valence-electron chi connectivity index (χ1n) is 6.23. The Morgan fingerprint density at radius 1 is 1.60 bits per heavy atom. The van der Waals surface area contributed by atoms with Gasteiger partial charge in [0.05, 0.1) is 18.3 Å². The summed E-state index contributed by atoms with van der Waals surface area (Å²) in [4.78, 5) is 22.1. The molecule has 0 bridgehead atoms. The summed E-state index contributed by atoms with van der Waals surface area (Å²) in [5.74, 6) is -1.34. The zero-order valence-corrected chi connectivity index (χ0v) is 11.1. The van der Waals surface area contributed by atoms with Crippen LogP contribution in [-0.4, -0.2) is 63.8 Å². The predicted molar refractivity (Wildman–Crippen MR) is 67.2 cm³/mol. The average Bonchev–Trinajstić information content (AvgIpc) is 2.83. The van der Waals surface area contributed by atoms with E-state index in [1.165, 1.54) is 10.9 Å². The van der Waals surface area contributed by atoms with Gasteiger partial charge in [0.1, 0.15) is 6.61 Å². The van der Waals surface area contributed by atoms with Crippen LogP contribution in [0.3, 0.4) is 0 Å². The molecule has 0 aliphatic carbocycles. The highest BCUT2D eigenvalue weighted by molar-refractivity contribution is 5.84. The molecule has 1 aromatic rings. The molecule has 1 amide bonds. The van der Waals surface area contributed by atoms with Gasteiger partial charge in [0.2, 0.25) is 5.91 Å². The summed E-state index contributed by atoms with van der Waals surface area (Å²) >= 11 is 0. The Kier molecular flexibility index (Phi) is 4.30. The van der Waals surface area contributed by atoms with E-state index < -0.39 is 5.97 Å². The highest BCUT2D eigenvalue weighted by Gasteiger charge is 2.32. The van der Waals surface area contributed by atoms with Crippen molar-refractivity contribution in [1.29, 1.82) is 0 Å². The van der Waals surface area contributed by atoms with E-state index in [-0.39, 0.29) is 23.8 Å². The largest absolute Gasteiger partial charge is 0.476 e. The summed E-state index contributed by atoms with van der Waals surface area (Å²) in [5, 5.41) is 21.5. The minimum atomic E-state index is -1.13. The first kappa shape index (κ1) is 14.4. The molecular formula is C11H17N5O4.